The van der Waals surface area contributed by atoms with E-state index < -0.39 is 11.9 Å². The van der Waals surface area contributed by atoms with Crippen molar-refractivity contribution in [1.82, 2.24) is 20.1 Å². The molecule has 9 heteroatoms. The Morgan fingerprint density at radius 2 is 1.71 bits per heavy atom. The Labute approximate surface area is 209 Å². The normalized spacial score (nSPS) is 14.3. The summed E-state index contributed by atoms with van der Waals surface area (Å²) in [7, 11) is 0. The summed E-state index contributed by atoms with van der Waals surface area (Å²) in [6.07, 6.45) is 0.372. The molecule has 3 aromatic rings. The number of amides is 3. The minimum Gasteiger partial charge on any atom is -0.339 e. The molecule has 0 saturated carbocycles. The molecule has 2 aromatic carbocycles. The van der Waals surface area contributed by atoms with Crippen LogP contribution in [0.1, 0.15) is 28.5 Å². The van der Waals surface area contributed by atoms with Gasteiger partial charge in [0.2, 0.25) is 11.8 Å². The van der Waals surface area contributed by atoms with Crippen molar-refractivity contribution in [2.45, 2.75) is 26.3 Å². The van der Waals surface area contributed by atoms with Crippen LogP contribution in [0, 0.1) is 6.92 Å². The van der Waals surface area contributed by atoms with E-state index in [0.29, 0.717) is 37.7 Å². The van der Waals surface area contributed by atoms with E-state index in [4.69, 9.17) is 0 Å². The summed E-state index contributed by atoms with van der Waals surface area (Å²) in [5.74, 6) is -0.543. The van der Waals surface area contributed by atoms with Crippen LogP contribution in [0.2, 0.25) is 0 Å². The van der Waals surface area contributed by atoms with Gasteiger partial charge in [0.05, 0.1) is 0 Å². The van der Waals surface area contributed by atoms with Crippen LogP contribution in [0.3, 0.4) is 0 Å². The molecule has 0 spiro atoms. The van der Waals surface area contributed by atoms with Crippen LogP contribution in [0.5, 0.6) is 0 Å². The molecule has 4 rings (SSSR count). The van der Waals surface area contributed by atoms with Crippen molar-refractivity contribution in [2.75, 3.05) is 31.5 Å². The molecule has 1 unspecified atom stereocenters. The molecular weight excluding hydrogens is 462 g/mol. The number of thiazole rings is 1. The van der Waals surface area contributed by atoms with E-state index in [0.717, 1.165) is 16.8 Å². The molecule has 1 aliphatic rings. The Hall–Kier alpha value is -3.72. The van der Waals surface area contributed by atoms with Gasteiger partial charge in [0.25, 0.3) is 5.91 Å². The molecule has 35 heavy (non-hydrogen) atoms. The van der Waals surface area contributed by atoms with Crippen molar-refractivity contribution >= 4 is 39.9 Å². The number of hydrogen-bond donors (Lipinski definition) is 2. The first-order valence-corrected chi connectivity index (χ1v) is 12.5. The van der Waals surface area contributed by atoms with Gasteiger partial charge in [0.1, 0.15) is 11.7 Å². The van der Waals surface area contributed by atoms with Crippen molar-refractivity contribution in [2.24, 2.45) is 0 Å². The van der Waals surface area contributed by atoms with Crippen LogP contribution in [-0.2, 0) is 16.0 Å². The van der Waals surface area contributed by atoms with Gasteiger partial charge < -0.3 is 20.4 Å². The molecular formula is C26H29N5O3S. The van der Waals surface area contributed by atoms with E-state index in [9.17, 15) is 14.4 Å². The highest BCUT2D eigenvalue weighted by atomic mass is 32.1. The number of rotatable bonds is 7. The summed E-state index contributed by atoms with van der Waals surface area (Å²) in [4.78, 5) is 46.0. The van der Waals surface area contributed by atoms with Gasteiger partial charge in [-0.25, -0.2) is 4.98 Å². The molecule has 3 amide bonds. The van der Waals surface area contributed by atoms with Crippen LogP contribution in [0.15, 0.2) is 60.0 Å². The summed E-state index contributed by atoms with van der Waals surface area (Å²) in [6.45, 7) is 5.42. The molecule has 8 nitrogen and oxygen atoms in total. The van der Waals surface area contributed by atoms with Crippen LogP contribution in [0.4, 0.5) is 10.8 Å². The van der Waals surface area contributed by atoms with E-state index in [1.807, 2.05) is 61.5 Å². The third-order valence-corrected chi connectivity index (χ3v) is 6.69. The molecule has 2 N–H and O–H groups in total. The fourth-order valence-corrected chi connectivity index (χ4v) is 4.74. The summed E-state index contributed by atoms with van der Waals surface area (Å²) >= 11 is 1.33. The molecule has 1 saturated heterocycles. The zero-order chi connectivity index (χ0) is 24.8. The molecule has 1 atom stereocenters. The standard InChI is InChI=1S/C26H29N5O3S/c1-18-7-6-10-21(15-18)27-26-29-23(17-35-26)24(33)28-22(16-20-8-4-3-5-9-20)25(34)31-13-11-30(12-14-31)19(2)32/h3-10,15,17,22H,11-14,16H2,1-2H3,(H,27,29)(H,28,33). The minimum atomic E-state index is -0.733. The van der Waals surface area contributed by atoms with Gasteiger partial charge in [-0.15, -0.1) is 11.3 Å². The van der Waals surface area contributed by atoms with Crippen LogP contribution in [-0.4, -0.2) is 64.7 Å². The lowest BCUT2D eigenvalue weighted by molar-refractivity contribution is -0.139. The average Bonchev–Trinajstić information content (AvgIpc) is 3.32. The number of carbonyl (C=O) groups is 3. The quantitative estimate of drug-likeness (QED) is 0.529. The third kappa shape index (κ3) is 6.45. The second kappa shape index (κ2) is 11.1. The predicted octanol–water partition coefficient (Wildman–Crippen LogP) is 3.23. The fraction of sp³-hybridized carbons (Fsp3) is 0.308. The number of anilines is 2. The van der Waals surface area contributed by atoms with Crippen LogP contribution < -0.4 is 10.6 Å². The molecule has 1 aromatic heterocycles. The fourth-order valence-electron chi connectivity index (χ4n) is 4.03. The predicted molar refractivity (Wildman–Crippen MR) is 137 cm³/mol. The summed E-state index contributed by atoms with van der Waals surface area (Å²) in [5, 5.41) is 8.41. The molecule has 0 bridgehead atoms. The van der Waals surface area contributed by atoms with Gasteiger partial charge >= 0.3 is 0 Å². The van der Waals surface area contributed by atoms with Crippen molar-refractivity contribution in [1.29, 1.82) is 0 Å². The van der Waals surface area contributed by atoms with E-state index in [1.165, 1.54) is 18.3 Å². The smallest absolute Gasteiger partial charge is 0.271 e. The minimum absolute atomic E-state index is 0.00449. The molecule has 0 radical (unpaired) electrons. The Morgan fingerprint density at radius 3 is 2.40 bits per heavy atom. The maximum Gasteiger partial charge on any atom is 0.271 e. The van der Waals surface area contributed by atoms with Crippen molar-refractivity contribution in [3.8, 4) is 0 Å². The van der Waals surface area contributed by atoms with E-state index in [1.54, 1.807) is 15.2 Å². The summed E-state index contributed by atoms with van der Waals surface area (Å²) in [6, 6.07) is 16.8. The number of aromatic nitrogens is 1. The maximum atomic E-state index is 13.4. The van der Waals surface area contributed by atoms with Crippen molar-refractivity contribution in [3.63, 3.8) is 0 Å². The van der Waals surface area contributed by atoms with Crippen molar-refractivity contribution in [3.05, 3.63) is 76.8 Å². The molecule has 0 aliphatic carbocycles. The second-order valence-electron chi connectivity index (χ2n) is 8.58. The molecule has 2 heterocycles. The summed E-state index contributed by atoms with van der Waals surface area (Å²) < 4.78 is 0. The lowest BCUT2D eigenvalue weighted by Gasteiger charge is -2.36. The summed E-state index contributed by atoms with van der Waals surface area (Å²) in [5.41, 5.74) is 3.23. The maximum absolute atomic E-state index is 13.4. The first-order valence-electron chi connectivity index (χ1n) is 11.6. The SMILES string of the molecule is CC(=O)N1CCN(C(=O)C(Cc2ccccc2)NC(=O)c2csc(Nc3cccc(C)c3)n2)CC1. The van der Waals surface area contributed by atoms with Gasteiger partial charge in [-0.3, -0.25) is 14.4 Å². The second-order valence-corrected chi connectivity index (χ2v) is 9.44. The lowest BCUT2D eigenvalue weighted by Crippen LogP contribution is -2.56. The Bertz CT molecular complexity index is 1190. The number of aryl methyl sites for hydroxylation is 1. The number of piperazine rings is 1. The van der Waals surface area contributed by atoms with Crippen molar-refractivity contribution < 1.29 is 14.4 Å². The molecule has 1 aliphatic heterocycles. The lowest BCUT2D eigenvalue weighted by atomic mass is 10.0. The number of nitrogens with zero attached hydrogens (tertiary/aromatic N) is 3. The molecule has 1 fully saturated rings. The highest BCUT2D eigenvalue weighted by Gasteiger charge is 2.30. The first kappa shape index (κ1) is 24.4. The third-order valence-electron chi connectivity index (χ3n) is 5.93. The topological polar surface area (TPSA) is 94.6 Å². The number of carbonyl (C=O) groups excluding carboxylic acids is 3. The monoisotopic (exact) mass is 491 g/mol. The van der Waals surface area contributed by atoms with Gasteiger partial charge in [-0.1, -0.05) is 42.5 Å². The van der Waals surface area contributed by atoms with Crippen LogP contribution >= 0.6 is 11.3 Å². The number of hydrogen-bond acceptors (Lipinski definition) is 6. The Balaban J connectivity index is 1.45. The Kier molecular flexibility index (Phi) is 7.77. The van der Waals surface area contributed by atoms with Gasteiger partial charge in [-0.05, 0) is 30.2 Å². The highest BCUT2D eigenvalue weighted by molar-refractivity contribution is 7.14. The van der Waals surface area contributed by atoms with E-state index in [2.05, 4.69) is 15.6 Å². The number of nitrogens with one attached hydrogen (secondary N) is 2. The van der Waals surface area contributed by atoms with E-state index >= 15 is 0 Å². The first-order chi connectivity index (χ1) is 16.9. The van der Waals surface area contributed by atoms with Gasteiger partial charge in [0.15, 0.2) is 5.13 Å². The zero-order valence-electron chi connectivity index (χ0n) is 19.9. The van der Waals surface area contributed by atoms with E-state index in [-0.39, 0.29) is 17.5 Å². The Morgan fingerprint density at radius 1 is 1.00 bits per heavy atom. The van der Waals surface area contributed by atoms with Crippen LogP contribution in [0.25, 0.3) is 0 Å². The average molecular weight is 492 g/mol. The largest absolute Gasteiger partial charge is 0.339 e. The van der Waals surface area contributed by atoms with Gasteiger partial charge in [-0.2, -0.15) is 0 Å². The number of benzene rings is 2. The van der Waals surface area contributed by atoms with Gasteiger partial charge in [0, 0.05) is 50.6 Å². The molecule has 182 valence electrons. The zero-order valence-corrected chi connectivity index (χ0v) is 20.7. The highest BCUT2D eigenvalue weighted by Crippen LogP contribution is 2.22.